The Kier molecular flexibility index (Phi) is 4.18. The number of anilines is 1. The molecular formula is C17H17Cl2N. The topological polar surface area (TPSA) is 3.24 Å². The minimum atomic E-state index is 0.507. The van der Waals surface area contributed by atoms with Crippen molar-refractivity contribution < 1.29 is 0 Å². The molecule has 0 radical (unpaired) electrons. The standard InChI is InChI=1S/C17H17Cl2N/c18-11-13-6-7-17(16(19)10-13)20-9-8-15(12-20)14-4-2-1-3-5-14/h1-7,10,15H,8-9,11-12H2. The number of nitrogens with zero attached hydrogens (tertiary/aromatic N) is 1. The summed E-state index contributed by atoms with van der Waals surface area (Å²) < 4.78 is 0. The van der Waals surface area contributed by atoms with Crippen LogP contribution < -0.4 is 4.90 Å². The second-order valence-electron chi connectivity index (χ2n) is 5.26. The van der Waals surface area contributed by atoms with Crippen LogP contribution in [-0.2, 0) is 5.88 Å². The van der Waals surface area contributed by atoms with Crippen molar-refractivity contribution in [1.29, 1.82) is 0 Å². The highest BCUT2D eigenvalue weighted by molar-refractivity contribution is 6.33. The molecule has 0 N–H and O–H groups in total. The first kappa shape index (κ1) is 13.8. The van der Waals surface area contributed by atoms with Gasteiger partial charge in [0, 0.05) is 24.9 Å². The normalized spacial score (nSPS) is 18.5. The molecule has 1 fully saturated rings. The first-order chi connectivity index (χ1) is 9.78. The largest absolute Gasteiger partial charge is 0.370 e. The summed E-state index contributed by atoms with van der Waals surface area (Å²) in [6.45, 7) is 2.09. The Morgan fingerprint density at radius 2 is 1.90 bits per heavy atom. The molecule has 104 valence electrons. The fraction of sp³-hybridized carbons (Fsp3) is 0.294. The number of halogens is 2. The Bertz CT molecular complexity index is 583. The number of benzene rings is 2. The summed E-state index contributed by atoms with van der Waals surface area (Å²) in [6, 6.07) is 16.8. The molecule has 1 heterocycles. The summed E-state index contributed by atoms with van der Waals surface area (Å²) >= 11 is 12.2. The molecule has 0 aromatic heterocycles. The lowest BCUT2D eigenvalue weighted by molar-refractivity contribution is 0.775. The van der Waals surface area contributed by atoms with Crippen LogP contribution in [-0.4, -0.2) is 13.1 Å². The van der Waals surface area contributed by atoms with Crippen molar-refractivity contribution in [2.45, 2.75) is 18.2 Å². The number of alkyl halides is 1. The van der Waals surface area contributed by atoms with E-state index in [0.29, 0.717) is 11.8 Å². The smallest absolute Gasteiger partial charge is 0.0642 e. The predicted molar refractivity (Wildman–Crippen MR) is 87.0 cm³/mol. The first-order valence-electron chi connectivity index (χ1n) is 6.92. The number of rotatable bonds is 3. The average Bonchev–Trinajstić information content (AvgIpc) is 2.97. The third kappa shape index (κ3) is 2.79. The van der Waals surface area contributed by atoms with E-state index >= 15 is 0 Å². The third-order valence-corrected chi connectivity index (χ3v) is 4.58. The maximum Gasteiger partial charge on any atom is 0.0642 e. The zero-order valence-electron chi connectivity index (χ0n) is 11.2. The van der Waals surface area contributed by atoms with E-state index in [1.165, 1.54) is 12.0 Å². The Morgan fingerprint density at radius 1 is 1.10 bits per heavy atom. The molecule has 20 heavy (non-hydrogen) atoms. The van der Waals surface area contributed by atoms with Gasteiger partial charge in [0.2, 0.25) is 0 Å². The number of hydrogen-bond donors (Lipinski definition) is 0. The summed E-state index contributed by atoms with van der Waals surface area (Å²) in [5.41, 5.74) is 3.61. The Hall–Kier alpha value is -1.18. The fourth-order valence-corrected chi connectivity index (χ4v) is 3.36. The number of hydrogen-bond acceptors (Lipinski definition) is 1. The summed E-state index contributed by atoms with van der Waals surface area (Å²) in [6.07, 6.45) is 1.18. The van der Waals surface area contributed by atoms with Crippen LogP contribution in [0, 0.1) is 0 Å². The van der Waals surface area contributed by atoms with Crippen molar-refractivity contribution in [2.24, 2.45) is 0 Å². The van der Waals surface area contributed by atoms with Crippen LogP contribution in [0.4, 0.5) is 5.69 Å². The lowest BCUT2D eigenvalue weighted by Gasteiger charge is -2.20. The monoisotopic (exact) mass is 305 g/mol. The van der Waals surface area contributed by atoms with Gasteiger partial charge >= 0.3 is 0 Å². The molecule has 1 nitrogen and oxygen atoms in total. The lowest BCUT2D eigenvalue weighted by atomic mass is 9.99. The van der Waals surface area contributed by atoms with Gasteiger partial charge in [-0.05, 0) is 29.7 Å². The van der Waals surface area contributed by atoms with Crippen LogP contribution >= 0.6 is 23.2 Å². The van der Waals surface area contributed by atoms with Crippen LogP contribution in [0.5, 0.6) is 0 Å². The molecule has 2 aromatic carbocycles. The highest BCUT2D eigenvalue weighted by atomic mass is 35.5. The van der Waals surface area contributed by atoms with Crippen molar-refractivity contribution in [3.05, 3.63) is 64.7 Å². The van der Waals surface area contributed by atoms with Crippen LogP contribution in [0.25, 0.3) is 0 Å². The zero-order valence-corrected chi connectivity index (χ0v) is 12.7. The summed E-state index contributed by atoms with van der Waals surface area (Å²) in [5, 5.41) is 0.803. The molecule has 1 unspecified atom stereocenters. The van der Waals surface area contributed by atoms with Gasteiger partial charge in [0.1, 0.15) is 0 Å². The maximum absolute atomic E-state index is 6.38. The molecule has 0 aliphatic carbocycles. The van der Waals surface area contributed by atoms with Crippen molar-refractivity contribution in [1.82, 2.24) is 0 Å². The molecule has 1 aliphatic heterocycles. The van der Waals surface area contributed by atoms with Gasteiger partial charge in [0.15, 0.2) is 0 Å². The van der Waals surface area contributed by atoms with Gasteiger partial charge in [0.05, 0.1) is 10.7 Å². The molecule has 1 saturated heterocycles. The van der Waals surface area contributed by atoms with Crippen molar-refractivity contribution in [3.8, 4) is 0 Å². The SMILES string of the molecule is ClCc1ccc(N2CCC(c3ccccc3)C2)c(Cl)c1. The van der Waals surface area contributed by atoms with Crippen molar-refractivity contribution in [3.63, 3.8) is 0 Å². The van der Waals surface area contributed by atoms with E-state index in [9.17, 15) is 0 Å². The van der Waals surface area contributed by atoms with Crippen molar-refractivity contribution in [2.75, 3.05) is 18.0 Å². The van der Waals surface area contributed by atoms with E-state index in [1.807, 2.05) is 6.07 Å². The molecule has 0 saturated carbocycles. The van der Waals surface area contributed by atoms with E-state index in [4.69, 9.17) is 23.2 Å². The Labute approximate surface area is 130 Å². The van der Waals surface area contributed by atoms with E-state index in [1.54, 1.807) is 0 Å². The minimum absolute atomic E-state index is 0.507. The van der Waals surface area contributed by atoms with Gasteiger partial charge in [-0.2, -0.15) is 0 Å². The molecule has 3 heteroatoms. The Morgan fingerprint density at radius 3 is 2.60 bits per heavy atom. The zero-order chi connectivity index (χ0) is 13.9. The molecule has 2 aromatic rings. The van der Waals surface area contributed by atoms with E-state index in [-0.39, 0.29) is 0 Å². The highest BCUT2D eigenvalue weighted by Gasteiger charge is 2.25. The van der Waals surface area contributed by atoms with Gasteiger partial charge in [-0.15, -0.1) is 11.6 Å². The third-order valence-electron chi connectivity index (χ3n) is 3.97. The average molecular weight is 306 g/mol. The quantitative estimate of drug-likeness (QED) is 0.715. The van der Waals surface area contributed by atoms with Crippen molar-refractivity contribution >= 4 is 28.9 Å². The van der Waals surface area contributed by atoms with Gasteiger partial charge in [-0.1, -0.05) is 48.0 Å². The highest BCUT2D eigenvalue weighted by Crippen LogP contribution is 2.34. The van der Waals surface area contributed by atoms with E-state index in [0.717, 1.165) is 29.4 Å². The van der Waals surface area contributed by atoms with Gasteiger partial charge in [-0.25, -0.2) is 0 Å². The van der Waals surface area contributed by atoms with Gasteiger partial charge < -0.3 is 4.90 Å². The Balaban J connectivity index is 1.77. The lowest BCUT2D eigenvalue weighted by Crippen LogP contribution is -2.19. The molecule has 3 rings (SSSR count). The summed E-state index contributed by atoms with van der Waals surface area (Å²) in [4.78, 5) is 2.37. The van der Waals surface area contributed by atoms with Gasteiger partial charge in [-0.3, -0.25) is 0 Å². The molecule has 0 amide bonds. The molecular weight excluding hydrogens is 289 g/mol. The fourth-order valence-electron chi connectivity index (χ4n) is 2.87. The molecule has 1 atom stereocenters. The predicted octanol–water partition coefficient (Wildman–Crippen LogP) is 5.07. The van der Waals surface area contributed by atoms with Crippen LogP contribution in [0.2, 0.25) is 5.02 Å². The van der Waals surface area contributed by atoms with Crippen LogP contribution in [0.3, 0.4) is 0 Å². The maximum atomic E-state index is 6.38. The van der Waals surface area contributed by atoms with Gasteiger partial charge in [0.25, 0.3) is 0 Å². The molecule has 1 aliphatic rings. The van der Waals surface area contributed by atoms with Crippen LogP contribution in [0.1, 0.15) is 23.5 Å². The first-order valence-corrected chi connectivity index (χ1v) is 7.83. The minimum Gasteiger partial charge on any atom is -0.370 e. The second-order valence-corrected chi connectivity index (χ2v) is 5.94. The van der Waals surface area contributed by atoms with Crippen LogP contribution in [0.15, 0.2) is 48.5 Å². The second kappa shape index (κ2) is 6.07. The van der Waals surface area contributed by atoms with E-state index < -0.39 is 0 Å². The summed E-state index contributed by atoms with van der Waals surface area (Å²) in [7, 11) is 0. The molecule has 0 bridgehead atoms. The molecule has 0 spiro atoms. The summed E-state index contributed by atoms with van der Waals surface area (Å²) in [5.74, 6) is 1.10. The van der Waals surface area contributed by atoms with E-state index in [2.05, 4.69) is 47.4 Å².